The van der Waals surface area contributed by atoms with Crippen LogP contribution in [0.2, 0.25) is 5.02 Å². The van der Waals surface area contributed by atoms with E-state index in [1.54, 1.807) is 12.1 Å². The van der Waals surface area contributed by atoms with E-state index in [2.05, 4.69) is 20.9 Å². The van der Waals surface area contributed by atoms with Gasteiger partial charge in [-0.25, -0.2) is 9.78 Å². The van der Waals surface area contributed by atoms with E-state index in [-0.39, 0.29) is 5.69 Å². The molecule has 0 aliphatic heterocycles. The Morgan fingerprint density at radius 3 is 2.76 bits per heavy atom. The van der Waals surface area contributed by atoms with Crippen LogP contribution in [-0.2, 0) is 0 Å². The molecule has 0 atom stereocenters. The molecule has 17 heavy (non-hydrogen) atoms. The van der Waals surface area contributed by atoms with Gasteiger partial charge in [-0.15, -0.1) is 0 Å². The molecule has 88 valence electrons. The monoisotopic (exact) mass is 315 g/mol. The molecule has 0 aliphatic carbocycles. The number of aromatic nitrogens is 1. The number of benzene rings is 1. The lowest BCUT2D eigenvalue weighted by molar-refractivity contribution is 0.0690. The second-order valence-electron chi connectivity index (χ2n) is 3.30. The fourth-order valence-corrected chi connectivity index (χ4v) is 2.35. The summed E-state index contributed by atoms with van der Waals surface area (Å²) in [5.74, 6) is -0.695. The van der Waals surface area contributed by atoms with Crippen molar-refractivity contribution in [3.63, 3.8) is 0 Å². The molecule has 0 aliphatic rings. The molecule has 0 radical (unpaired) electrons. The highest BCUT2D eigenvalue weighted by Gasteiger charge is 2.14. The third-order valence-corrected chi connectivity index (χ3v) is 2.98. The molecule has 0 fully saturated rings. The number of methoxy groups -OCH3 is 1. The number of ether oxygens (including phenoxy) is 1. The molecule has 2 rings (SSSR count). The number of halogens is 2. The summed E-state index contributed by atoms with van der Waals surface area (Å²) in [5.41, 5.74) is 0.310. The molecule has 0 unspecified atom stereocenters. The minimum Gasteiger partial charge on any atom is -0.496 e. The topological polar surface area (TPSA) is 59.4 Å². The van der Waals surface area contributed by atoms with Gasteiger partial charge in [-0.1, -0.05) is 27.5 Å². The number of fused-ring (bicyclic) bond motifs is 1. The average molecular weight is 317 g/mol. The number of hydrogen-bond donors (Lipinski definition) is 1. The smallest absolute Gasteiger partial charge is 0.354 e. The maximum absolute atomic E-state index is 10.9. The molecule has 0 spiro atoms. The van der Waals surface area contributed by atoms with E-state index in [0.29, 0.717) is 21.7 Å². The lowest BCUT2D eigenvalue weighted by Crippen LogP contribution is -2.02. The maximum atomic E-state index is 10.9. The van der Waals surface area contributed by atoms with Gasteiger partial charge >= 0.3 is 5.97 Å². The second-order valence-corrected chi connectivity index (χ2v) is 4.62. The maximum Gasteiger partial charge on any atom is 0.354 e. The quantitative estimate of drug-likeness (QED) is 0.923. The first-order valence-corrected chi connectivity index (χ1v) is 5.77. The van der Waals surface area contributed by atoms with Gasteiger partial charge in [-0.3, -0.25) is 0 Å². The average Bonchev–Trinajstić information content (AvgIpc) is 2.27. The Morgan fingerprint density at radius 1 is 1.47 bits per heavy atom. The van der Waals surface area contributed by atoms with Gasteiger partial charge in [0.2, 0.25) is 0 Å². The number of pyridine rings is 1. The van der Waals surface area contributed by atoms with Gasteiger partial charge in [0.1, 0.15) is 5.75 Å². The number of carboxylic acid groups (broad SMARTS) is 1. The first-order valence-electron chi connectivity index (χ1n) is 4.60. The van der Waals surface area contributed by atoms with Gasteiger partial charge in [0.05, 0.1) is 17.6 Å². The van der Waals surface area contributed by atoms with E-state index < -0.39 is 5.97 Å². The molecule has 2 aromatic rings. The summed E-state index contributed by atoms with van der Waals surface area (Å²) in [6, 6.07) is 4.80. The van der Waals surface area contributed by atoms with Crippen LogP contribution in [0.1, 0.15) is 10.5 Å². The third-order valence-electron chi connectivity index (χ3n) is 2.23. The van der Waals surface area contributed by atoms with Gasteiger partial charge < -0.3 is 9.84 Å². The van der Waals surface area contributed by atoms with E-state index in [1.165, 1.54) is 13.2 Å². The summed E-state index contributed by atoms with van der Waals surface area (Å²) in [4.78, 5) is 14.9. The molecule has 1 N–H and O–H groups in total. The predicted molar refractivity (Wildman–Crippen MR) is 68.0 cm³/mol. The van der Waals surface area contributed by atoms with Crippen LogP contribution >= 0.6 is 27.5 Å². The molecule has 6 heteroatoms. The number of aromatic carboxylic acids is 1. The number of hydrogen-bond acceptors (Lipinski definition) is 3. The Labute approximate surface area is 110 Å². The van der Waals surface area contributed by atoms with Crippen LogP contribution in [0.3, 0.4) is 0 Å². The van der Waals surface area contributed by atoms with Crippen LogP contribution in [-0.4, -0.2) is 23.2 Å². The van der Waals surface area contributed by atoms with Crippen molar-refractivity contribution in [1.82, 2.24) is 4.98 Å². The van der Waals surface area contributed by atoms with Gasteiger partial charge in [0.25, 0.3) is 0 Å². The van der Waals surface area contributed by atoms with Crippen molar-refractivity contribution in [1.29, 1.82) is 0 Å². The normalized spacial score (nSPS) is 10.5. The first-order chi connectivity index (χ1) is 8.02. The van der Waals surface area contributed by atoms with E-state index in [0.717, 1.165) is 4.47 Å². The largest absolute Gasteiger partial charge is 0.496 e. The first kappa shape index (κ1) is 12.1. The molecule has 1 heterocycles. The lowest BCUT2D eigenvalue weighted by Gasteiger charge is -2.08. The van der Waals surface area contributed by atoms with E-state index in [9.17, 15) is 4.79 Å². The highest BCUT2D eigenvalue weighted by atomic mass is 79.9. The summed E-state index contributed by atoms with van der Waals surface area (Å²) < 4.78 is 5.92. The Hall–Kier alpha value is -1.33. The van der Waals surface area contributed by atoms with Crippen LogP contribution in [0, 0.1) is 0 Å². The summed E-state index contributed by atoms with van der Waals surface area (Å²) in [5, 5.41) is 9.97. The number of carboxylic acids is 1. The highest BCUT2D eigenvalue weighted by molar-refractivity contribution is 9.10. The molecule has 0 saturated heterocycles. The number of carbonyl (C=O) groups is 1. The molecular formula is C11H7BrClNO3. The van der Waals surface area contributed by atoms with Crippen LogP contribution < -0.4 is 4.74 Å². The van der Waals surface area contributed by atoms with E-state index in [4.69, 9.17) is 21.4 Å². The second kappa shape index (κ2) is 4.50. The minimum atomic E-state index is -1.12. The number of rotatable bonds is 2. The molecular weight excluding hydrogens is 309 g/mol. The zero-order chi connectivity index (χ0) is 12.6. The van der Waals surface area contributed by atoms with Crippen molar-refractivity contribution in [3.05, 3.63) is 33.4 Å². The molecule has 1 aromatic heterocycles. The van der Waals surface area contributed by atoms with Gasteiger partial charge in [0.15, 0.2) is 5.69 Å². The molecule has 1 aromatic carbocycles. The van der Waals surface area contributed by atoms with Crippen LogP contribution in [0.25, 0.3) is 10.9 Å². The van der Waals surface area contributed by atoms with Gasteiger partial charge in [-0.2, -0.15) is 0 Å². The summed E-state index contributed by atoms with van der Waals surface area (Å²) in [6.45, 7) is 0. The van der Waals surface area contributed by atoms with Gasteiger partial charge in [-0.05, 0) is 12.1 Å². The van der Waals surface area contributed by atoms with Crippen molar-refractivity contribution in [2.75, 3.05) is 7.11 Å². The molecule has 0 saturated carbocycles. The van der Waals surface area contributed by atoms with Crippen LogP contribution in [0.5, 0.6) is 5.75 Å². The SMILES string of the molecule is COc1cc(C(=O)O)nc2c(Cl)cc(Br)cc12. The molecule has 0 amide bonds. The Bertz CT molecular complexity index is 615. The lowest BCUT2D eigenvalue weighted by atomic mass is 10.2. The van der Waals surface area contributed by atoms with Crippen molar-refractivity contribution in [2.45, 2.75) is 0 Å². The summed E-state index contributed by atoms with van der Waals surface area (Å²) >= 11 is 9.34. The Balaban J connectivity index is 2.87. The highest BCUT2D eigenvalue weighted by Crippen LogP contribution is 2.33. The van der Waals surface area contributed by atoms with Crippen molar-refractivity contribution >= 4 is 44.4 Å². The number of nitrogens with zero attached hydrogens (tertiary/aromatic N) is 1. The molecule has 4 nitrogen and oxygen atoms in total. The van der Waals surface area contributed by atoms with Gasteiger partial charge in [0, 0.05) is 15.9 Å². The zero-order valence-electron chi connectivity index (χ0n) is 8.70. The summed E-state index contributed by atoms with van der Waals surface area (Å²) in [6.07, 6.45) is 0. The Morgan fingerprint density at radius 2 is 2.18 bits per heavy atom. The predicted octanol–water partition coefficient (Wildman–Crippen LogP) is 3.36. The minimum absolute atomic E-state index is 0.0985. The third kappa shape index (κ3) is 2.21. The van der Waals surface area contributed by atoms with E-state index >= 15 is 0 Å². The van der Waals surface area contributed by atoms with Crippen molar-refractivity contribution in [2.24, 2.45) is 0 Å². The van der Waals surface area contributed by atoms with Crippen LogP contribution in [0.4, 0.5) is 0 Å². The fourth-order valence-electron chi connectivity index (χ4n) is 1.50. The Kier molecular flexibility index (Phi) is 3.22. The van der Waals surface area contributed by atoms with Crippen molar-refractivity contribution < 1.29 is 14.6 Å². The fraction of sp³-hybridized carbons (Fsp3) is 0.0909. The zero-order valence-corrected chi connectivity index (χ0v) is 11.0. The standard InChI is InChI=1S/C11H7BrClNO3/c1-17-9-4-8(11(15)16)14-10-6(9)2-5(12)3-7(10)13/h2-4H,1H3,(H,15,16). The summed E-state index contributed by atoms with van der Waals surface area (Å²) in [7, 11) is 1.47. The molecule has 0 bridgehead atoms. The van der Waals surface area contributed by atoms with Crippen molar-refractivity contribution in [3.8, 4) is 5.75 Å². The van der Waals surface area contributed by atoms with Crippen LogP contribution in [0.15, 0.2) is 22.7 Å². The van der Waals surface area contributed by atoms with E-state index in [1.807, 2.05) is 0 Å².